The van der Waals surface area contributed by atoms with Crippen LogP contribution in [0.3, 0.4) is 0 Å². The molecule has 0 aliphatic carbocycles. The molecule has 1 aliphatic heterocycles. The van der Waals surface area contributed by atoms with E-state index in [4.69, 9.17) is 5.11 Å². The molecular weight excluding hydrogens is 327 g/mol. The Morgan fingerprint density at radius 1 is 1.28 bits per heavy atom. The second-order valence-corrected chi connectivity index (χ2v) is 7.33. The van der Waals surface area contributed by atoms with Gasteiger partial charge in [0.25, 0.3) is 0 Å². The van der Waals surface area contributed by atoms with E-state index >= 15 is 0 Å². The van der Waals surface area contributed by atoms with E-state index in [1.54, 1.807) is 4.90 Å². The highest BCUT2D eigenvalue weighted by Gasteiger charge is 2.33. The Kier molecular flexibility index (Phi) is 5.45. The van der Waals surface area contributed by atoms with E-state index in [0.29, 0.717) is 25.9 Å². The summed E-state index contributed by atoms with van der Waals surface area (Å²) in [6.45, 7) is 6.41. The monoisotopic (exact) mass is 350 g/mol. The molecule has 0 bridgehead atoms. The largest absolute Gasteiger partial charge is 0.478 e. The predicted octanol–water partition coefficient (Wildman–Crippen LogP) is 2.75. The molecule has 1 saturated heterocycles. The first-order chi connectivity index (χ1) is 11.6. The molecule has 1 aromatic rings. The third-order valence-corrected chi connectivity index (χ3v) is 4.19. The van der Waals surface area contributed by atoms with E-state index in [1.807, 2.05) is 20.8 Å². The summed E-state index contributed by atoms with van der Waals surface area (Å²) >= 11 is 0. The maximum atomic E-state index is 14.0. The number of amides is 2. The Morgan fingerprint density at radius 3 is 2.52 bits per heavy atom. The van der Waals surface area contributed by atoms with Crippen molar-refractivity contribution in [3.05, 3.63) is 29.6 Å². The fraction of sp³-hybridized carbons (Fsp3) is 0.500. The van der Waals surface area contributed by atoms with Gasteiger partial charge in [0.05, 0.1) is 17.2 Å². The molecule has 0 aromatic heterocycles. The predicted molar refractivity (Wildman–Crippen MR) is 90.7 cm³/mol. The number of benzene rings is 1. The molecule has 1 unspecified atom stereocenters. The number of carboxylic acid groups (broad SMARTS) is 1. The number of nitrogens with one attached hydrogen (secondary N) is 1. The number of hydrogen-bond donors (Lipinski definition) is 2. The highest BCUT2D eigenvalue weighted by atomic mass is 19.1. The van der Waals surface area contributed by atoms with Gasteiger partial charge < -0.3 is 15.3 Å². The molecule has 1 atom stereocenters. The van der Waals surface area contributed by atoms with Crippen molar-refractivity contribution in [1.82, 2.24) is 4.90 Å². The zero-order valence-electron chi connectivity index (χ0n) is 14.6. The number of likely N-dealkylation sites (tertiary alicyclic amines) is 1. The van der Waals surface area contributed by atoms with Crippen molar-refractivity contribution in [3.8, 4) is 0 Å². The van der Waals surface area contributed by atoms with E-state index in [0.717, 1.165) is 6.07 Å². The SMILES string of the molecule is CC(C)(C)C(=O)N1CCCC(C(=O)Nc2ccc(C(=O)O)cc2F)C1. The molecule has 6 nitrogen and oxygen atoms in total. The summed E-state index contributed by atoms with van der Waals surface area (Å²) in [7, 11) is 0. The first-order valence-electron chi connectivity index (χ1n) is 8.22. The number of piperidine rings is 1. The average Bonchev–Trinajstić information content (AvgIpc) is 2.55. The van der Waals surface area contributed by atoms with Crippen LogP contribution in [0.15, 0.2) is 18.2 Å². The summed E-state index contributed by atoms with van der Waals surface area (Å²) in [5.74, 6) is -2.83. The van der Waals surface area contributed by atoms with Crippen molar-refractivity contribution < 1.29 is 23.9 Å². The maximum absolute atomic E-state index is 14.0. The minimum Gasteiger partial charge on any atom is -0.478 e. The molecule has 1 heterocycles. The molecule has 136 valence electrons. The van der Waals surface area contributed by atoms with Crippen LogP contribution in [0.5, 0.6) is 0 Å². The van der Waals surface area contributed by atoms with Crippen LogP contribution >= 0.6 is 0 Å². The van der Waals surface area contributed by atoms with Crippen LogP contribution < -0.4 is 5.32 Å². The van der Waals surface area contributed by atoms with Crippen molar-refractivity contribution in [3.63, 3.8) is 0 Å². The second kappa shape index (κ2) is 7.21. The second-order valence-electron chi connectivity index (χ2n) is 7.33. The van der Waals surface area contributed by atoms with Crippen molar-refractivity contribution in [1.29, 1.82) is 0 Å². The number of rotatable bonds is 3. The van der Waals surface area contributed by atoms with E-state index in [1.165, 1.54) is 12.1 Å². The molecule has 1 fully saturated rings. The van der Waals surface area contributed by atoms with Crippen LogP contribution in [-0.2, 0) is 9.59 Å². The number of carbonyl (C=O) groups excluding carboxylic acids is 2. The summed E-state index contributed by atoms with van der Waals surface area (Å²) in [5.41, 5.74) is -0.763. The lowest BCUT2D eigenvalue weighted by atomic mass is 9.91. The van der Waals surface area contributed by atoms with Gasteiger partial charge in [-0.3, -0.25) is 9.59 Å². The Hall–Kier alpha value is -2.44. The Morgan fingerprint density at radius 2 is 1.96 bits per heavy atom. The minimum absolute atomic E-state index is 0.0120. The molecule has 2 rings (SSSR count). The normalized spacial score (nSPS) is 17.9. The summed E-state index contributed by atoms with van der Waals surface area (Å²) in [6.07, 6.45) is 1.33. The third-order valence-electron chi connectivity index (χ3n) is 4.19. The Bertz CT molecular complexity index is 697. The Balaban J connectivity index is 2.06. The van der Waals surface area contributed by atoms with E-state index < -0.39 is 23.1 Å². The minimum atomic E-state index is -1.24. The number of nitrogens with zero attached hydrogens (tertiary/aromatic N) is 1. The number of anilines is 1. The number of carbonyl (C=O) groups is 3. The van der Waals surface area contributed by atoms with Crippen molar-refractivity contribution in [2.45, 2.75) is 33.6 Å². The van der Waals surface area contributed by atoms with Crippen LogP contribution in [0.2, 0.25) is 0 Å². The molecule has 25 heavy (non-hydrogen) atoms. The highest BCUT2D eigenvalue weighted by Crippen LogP contribution is 2.25. The number of aromatic carboxylic acids is 1. The van der Waals surface area contributed by atoms with Crippen molar-refractivity contribution >= 4 is 23.5 Å². The summed E-state index contributed by atoms with van der Waals surface area (Å²) in [5, 5.41) is 11.3. The molecular formula is C18H23FN2O4. The zero-order valence-corrected chi connectivity index (χ0v) is 14.6. The lowest BCUT2D eigenvalue weighted by molar-refractivity contribution is -0.142. The van der Waals surface area contributed by atoms with Gasteiger partial charge in [-0.05, 0) is 31.0 Å². The lowest BCUT2D eigenvalue weighted by Gasteiger charge is -2.35. The van der Waals surface area contributed by atoms with Gasteiger partial charge in [0.1, 0.15) is 5.82 Å². The number of hydrogen-bond acceptors (Lipinski definition) is 3. The smallest absolute Gasteiger partial charge is 0.335 e. The van der Waals surface area contributed by atoms with Gasteiger partial charge in [-0.1, -0.05) is 20.8 Å². The number of halogens is 1. The van der Waals surface area contributed by atoms with E-state index in [2.05, 4.69) is 5.32 Å². The molecule has 0 spiro atoms. The van der Waals surface area contributed by atoms with Crippen molar-refractivity contribution in [2.24, 2.45) is 11.3 Å². The van der Waals surface area contributed by atoms with Crippen LogP contribution in [0.25, 0.3) is 0 Å². The molecule has 0 saturated carbocycles. The molecule has 1 aromatic carbocycles. The quantitative estimate of drug-likeness (QED) is 0.877. The van der Waals surface area contributed by atoms with Crippen LogP contribution in [0.1, 0.15) is 44.0 Å². The third kappa shape index (κ3) is 4.55. The first kappa shape index (κ1) is 18.9. The standard InChI is InChI=1S/C18H23FN2O4/c1-18(2,3)17(25)21-8-4-5-12(10-21)15(22)20-14-7-6-11(16(23)24)9-13(14)19/h6-7,9,12H,4-5,8,10H2,1-3H3,(H,20,22)(H,23,24). The molecule has 2 N–H and O–H groups in total. The lowest BCUT2D eigenvalue weighted by Crippen LogP contribution is -2.47. The molecule has 1 aliphatic rings. The molecule has 7 heteroatoms. The van der Waals surface area contributed by atoms with Crippen LogP contribution in [-0.4, -0.2) is 40.9 Å². The zero-order chi connectivity index (χ0) is 18.8. The maximum Gasteiger partial charge on any atom is 0.335 e. The Labute approximate surface area is 146 Å². The van der Waals surface area contributed by atoms with Gasteiger partial charge >= 0.3 is 5.97 Å². The topological polar surface area (TPSA) is 86.7 Å². The van der Waals surface area contributed by atoms with Gasteiger partial charge in [-0.2, -0.15) is 0 Å². The van der Waals surface area contributed by atoms with Crippen molar-refractivity contribution in [2.75, 3.05) is 18.4 Å². The number of carboxylic acids is 1. The fourth-order valence-electron chi connectivity index (χ4n) is 2.83. The highest BCUT2D eigenvalue weighted by molar-refractivity contribution is 5.94. The molecule has 2 amide bonds. The van der Waals surface area contributed by atoms with E-state index in [9.17, 15) is 18.8 Å². The average molecular weight is 350 g/mol. The first-order valence-corrected chi connectivity index (χ1v) is 8.22. The van der Waals surface area contributed by atoms with Gasteiger partial charge in [0, 0.05) is 18.5 Å². The van der Waals surface area contributed by atoms with Gasteiger partial charge in [-0.15, -0.1) is 0 Å². The fourth-order valence-corrected chi connectivity index (χ4v) is 2.83. The summed E-state index contributed by atoms with van der Waals surface area (Å²) in [4.78, 5) is 37.3. The summed E-state index contributed by atoms with van der Waals surface area (Å²) < 4.78 is 14.0. The van der Waals surface area contributed by atoms with Crippen LogP contribution in [0, 0.1) is 17.2 Å². The van der Waals surface area contributed by atoms with Gasteiger partial charge in [-0.25, -0.2) is 9.18 Å². The van der Waals surface area contributed by atoms with Crippen LogP contribution in [0.4, 0.5) is 10.1 Å². The summed E-state index contributed by atoms with van der Waals surface area (Å²) in [6, 6.07) is 3.34. The van der Waals surface area contributed by atoms with E-state index in [-0.39, 0.29) is 23.1 Å². The van der Waals surface area contributed by atoms with Gasteiger partial charge in [0.2, 0.25) is 11.8 Å². The molecule has 0 radical (unpaired) electrons. The van der Waals surface area contributed by atoms with Gasteiger partial charge in [0.15, 0.2) is 0 Å².